The highest BCUT2D eigenvalue weighted by molar-refractivity contribution is 5.85. The number of carboxylic acid groups (broad SMARTS) is 1. The van der Waals surface area contributed by atoms with Gasteiger partial charge in [0.15, 0.2) is 0 Å². The molecule has 0 saturated heterocycles. The Morgan fingerprint density at radius 1 is 1.47 bits per heavy atom. The molecule has 0 atom stereocenters. The van der Waals surface area contributed by atoms with Gasteiger partial charge in [0.1, 0.15) is 0 Å². The second kappa shape index (κ2) is 4.20. The smallest absolute Gasteiger partial charge is 0.328 e. The van der Waals surface area contributed by atoms with Gasteiger partial charge in [-0.15, -0.1) is 0 Å². The maximum absolute atomic E-state index is 12.2. The number of rotatable bonds is 3. The van der Waals surface area contributed by atoms with Crippen molar-refractivity contribution >= 4 is 12.0 Å². The molecular weight excluding hydrogens is 218 g/mol. The van der Waals surface area contributed by atoms with Gasteiger partial charge in [0.05, 0.1) is 0 Å². The molecule has 1 saturated carbocycles. The van der Waals surface area contributed by atoms with Gasteiger partial charge >= 0.3 is 5.97 Å². The van der Waals surface area contributed by atoms with Crippen molar-refractivity contribution in [2.45, 2.75) is 32.7 Å². The monoisotopic (exact) mass is 233 g/mol. The third-order valence-electron chi connectivity index (χ3n) is 2.98. The number of carboxylic acids is 1. The topological polar surface area (TPSA) is 59.3 Å². The highest BCUT2D eigenvalue weighted by Gasteiger charge is 2.26. The quantitative estimate of drug-likeness (QED) is 0.811. The Kier molecular flexibility index (Phi) is 2.88. The van der Waals surface area contributed by atoms with Gasteiger partial charge in [0.2, 0.25) is 0 Å². The predicted molar refractivity (Wildman–Crippen MR) is 65.1 cm³/mol. The number of pyridine rings is 1. The summed E-state index contributed by atoms with van der Waals surface area (Å²) in [6.07, 6.45) is 4.46. The molecule has 0 aliphatic heterocycles. The van der Waals surface area contributed by atoms with E-state index in [2.05, 4.69) is 0 Å². The number of aryl methyl sites for hydroxylation is 2. The van der Waals surface area contributed by atoms with Crippen LogP contribution in [0.15, 0.2) is 16.9 Å². The maximum Gasteiger partial charge on any atom is 0.328 e. The van der Waals surface area contributed by atoms with Crippen molar-refractivity contribution in [2.75, 3.05) is 0 Å². The molecule has 0 unspecified atom stereocenters. The molecule has 90 valence electrons. The number of hydrogen-bond donors (Lipinski definition) is 1. The molecule has 4 nitrogen and oxygen atoms in total. The van der Waals surface area contributed by atoms with Crippen LogP contribution in [0.1, 0.15) is 35.7 Å². The Hall–Kier alpha value is -1.84. The lowest BCUT2D eigenvalue weighted by atomic mass is 10.1. The van der Waals surface area contributed by atoms with E-state index in [1.165, 1.54) is 6.08 Å². The van der Waals surface area contributed by atoms with Crippen LogP contribution in [0.2, 0.25) is 0 Å². The normalized spacial score (nSPS) is 15.4. The number of aliphatic carboxylic acids is 1. The van der Waals surface area contributed by atoms with Crippen LogP contribution in [0.4, 0.5) is 0 Å². The fourth-order valence-electron chi connectivity index (χ4n) is 2.06. The van der Waals surface area contributed by atoms with Crippen LogP contribution in [0, 0.1) is 13.8 Å². The first-order valence-electron chi connectivity index (χ1n) is 5.64. The van der Waals surface area contributed by atoms with E-state index in [0.717, 1.165) is 30.2 Å². The number of carbonyl (C=O) groups is 1. The van der Waals surface area contributed by atoms with Crippen molar-refractivity contribution < 1.29 is 9.90 Å². The number of nitrogens with zero attached hydrogens (tertiary/aromatic N) is 1. The standard InChI is InChI=1S/C13H15NO3/c1-8-7-9(2)14(10-3-4-10)13(17)11(8)5-6-12(15)16/h5-7,10H,3-4H2,1-2H3,(H,15,16)/b6-5+. The van der Waals surface area contributed by atoms with Crippen molar-refractivity contribution in [1.82, 2.24) is 4.57 Å². The van der Waals surface area contributed by atoms with Crippen LogP contribution in [-0.4, -0.2) is 15.6 Å². The Labute approximate surface area is 99.2 Å². The van der Waals surface area contributed by atoms with Crippen molar-refractivity contribution in [3.05, 3.63) is 39.3 Å². The average Bonchev–Trinajstić information content (AvgIpc) is 3.00. The van der Waals surface area contributed by atoms with E-state index in [4.69, 9.17) is 5.11 Å². The Morgan fingerprint density at radius 2 is 2.12 bits per heavy atom. The largest absolute Gasteiger partial charge is 0.478 e. The zero-order valence-corrected chi connectivity index (χ0v) is 9.93. The lowest BCUT2D eigenvalue weighted by Crippen LogP contribution is -2.24. The van der Waals surface area contributed by atoms with Crippen molar-refractivity contribution in [3.8, 4) is 0 Å². The maximum atomic E-state index is 12.2. The first-order valence-corrected chi connectivity index (χ1v) is 5.64. The van der Waals surface area contributed by atoms with Gasteiger partial charge in [0.25, 0.3) is 5.56 Å². The summed E-state index contributed by atoms with van der Waals surface area (Å²) >= 11 is 0. The van der Waals surface area contributed by atoms with E-state index in [1.807, 2.05) is 19.9 Å². The van der Waals surface area contributed by atoms with Gasteiger partial charge in [0, 0.05) is 23.4 Å². The van der Waals surface area contributed by atoms with Crippen LogP contribution >= 0.6 is 0 Å². The molecule has 17 heavy (non-hydrogen) atoms. The lowest BCUT2D eigenvalue weighted by molar-refractivity contribution is -0.131. The molecule has 2 rings (SSSR count). The lowest BCUT2D eigenvalue weighted by Gasteiger charge is -2.11. The van der Waals surface area contributed by atoms with Crippen molar-refractivity contribution in [1.29, 1.82) is 0 Å². The van der Waals surface area contributed by atoms with Crippen LogP contribution in [0.5, 0.6) is 0 Å². The van der Waals surface area contributed by atoms with E-state index in [0.29, 0.717) is 11.6 Å². The second-order valence-corrected chi connectivity index (χ2v) is 4.46. The van der Waals surface area contributed by atoms with Crippen LogP contribution < -0.4 is 5.56 Å². The zero-order chi connectivity index (χ0) is 12.6. The Morgan fingerprint density at radius 3 is 2.65 bits per heavy atom. The van der Waals surface area contributed by atoms with Gasteiger partial charge < -0.3 is 9.67 Å². The summed E-state index contributed by atoms with van der Waals surface area (Å²) in [6.45, 7) is 3.74. The SMILES string of the molecule is Cc1cc(C)n(C2CC2)c(=O)c1/C=C/C(=O)O. The van der Waals surface area contributed by atoms with Gasteiger partial charge in [-0.25, -0.2) is 4.79 Å². The van der Waals surface area contributed by atoms with E-state index in [9.17, 15) is 9.59 Å². The van der Waals surface area contributed by atoms with Crippen LogP contribution in [0.25, 0.3) is 6.08 Å². The predicted octanol–water partition coefficient (Wildman–Crippen LogP) is 1.90. The fourth-order valence-corrected chi connectivity index (χ4v) is 2.06. The molecule has 1 N–H and O–H groups in total. The zero-order valence-electron chi connectivity index (χ0n) is 9.93. The fraction of sp³-hybridized carbons (Fsp3) is 0.385. The molecule has 0 radical (unpaired) electrons. The molecule has 1 heterocycles. The summed E-state index contributed by atoms with van der Waals surface area (Å²) in [7, 11) is 0. The average molecular weight is 233 g/mol. The van der Waals surface area contributed by atoms with Crippen LogP contribution in [0.3, 0.4) is 0 Å². The molecule has 1 aromatic rings. The van der Waals surface area contributed by atoms with E-state index in [1.54, 1.807) is 4.57 Å². The number of hydrogen-bond acceptors (Lipinski definition) is 2. The second-order valence-electron chi connectivity index (χ2n) is 4.46. The minimum atomic E-state index is -1.04. The summed E-state index contributed by atoms with van der Waals surface area (Å²) in [5.41, 5.74) is 2.16. The van der Waals surface area contributed by atoms with E-state index < -0.39 is 5.97 Å². The molecule has 4 heteroatoms. The molecule has 0 aromatic carbocycles. The summed E-state index contributed by atoms with van der Waals surface area (Å²) < 4.78 is 1.77. The number of aromatic nitrogens is 1. The minimum Gasteiger partial charge on any atom is -0.478 e. The molecule has 0 bridgehead atoms. The van der Waals surface area contributed by atoms with Gasteiger partial charge in [-0.05, 0) is 44.4 Å². The molecule has 1 fully saturated rings. The van der Waals surface area contributed by atoms with Crippen molar-refractivity contribution in [2.24, 2.45) is 0 Å². The molecular formula is C13H15NO3. The Bertz CT molecular complexity index is 551. The first kappa shape index (κ1) is 11.6. The van der Waals surface area contributed by atoms with Crippen molar-refractivity contribution in [3.63, 3.8) is 0 Å². The summed E-state index contributed by atoms with van der Waals surface area (Å²) in [4.78, 5) is 22.7. The third-order valence-corrected chi connectivity index (χ3v) is 2.98. The van der Waals surface area contributed by atoms with E-state index >= 15 is 0 Å². The highest BCUT2D eigenvalue weighted by atomic mass is 16.4. The van der Waals surface area contributed by atoms with Gasteiger partial charge in [-0.1, -0.05) is 0 Å². The van der Waals surface area contributed by atoms with Gasteiger partial charge in [-0.2, -0.15) is 0 Å². The molecule has 1 aromatic heterocycles. The molecule has 0 spiro atoms. The third kappa shape index (κ3) is 2.30. The van der Waals surface area contributed by atoms with E-state index in [-0.39, 0.29) is 5.56 Å². The van der Waals surface area contributed by atoms with Crippen LogP contribution in [-0.2, 0) is 4.79 Å². The summed E-state index contributed by atoms with van der Waals surface area (Å²) in [6, 6.07) is 2.24. The minimum absolute atomic E-state index is 0.0810. The summed E-state index contributed by atoms with van der Waals surface area (Å²) in [5, 5.41) is 8.61. The molecule has 1 aliphatic rings. The Balaban J connectivity index is 2.55. The molecule has 1 aliphatic carbocycles. The molecule has 0 amide bonds. The first-order chi connectivity index (χ1) is 8.00. The van der Waals surface area contributed by atoms with Gasteiger partial charge in [-0.3, -0.25) is 4.79 Å². The summed E-state index contributed by atoms with van der Waals surface area (Å²) in [5.74, 6) is -1.04. The highest BCUT2D eigenvalue weighted by Crippen LogP contribution is 2.34.